The van der Waals surface area contributed by atoms with Crippen LogP contribution in [0.1, 0.15) is 42.3 Å². The standard InChI is InChI=1S/C18H26N2O3/c1-13-6-7-15(12-14(13)2)16(21)19-8-10-20(11-9-19)17(22)23-18(3,4)5/h6-7,12H,8-11H2,1-5H3. The summed E-state index contributed by atoms with van der Waals surface area (Å²) in [5, 5.41) is 0. The zero-order valence-electron chi connectivity index (χ0n) is 14.7. The first-order valence-corrected chi connectivity index (χ1v) is 8.02. The van der Waals surface area contributed by atoms with Crippen LogP contribution in [0.15, 0.2) is 18.2 Å². The van der Waals surface area contributed by atoms with Crippen LogP contribution in [-0.4, -0.2) is 53.6 Å². The Morgan fingerprint density at radius 1 is 0.957 bits per heavy atom. The quantitative estimate of drug-likeness (QED) is 0.800. The van der Waals surface area contributed by atoms with Crippen molar-refractivity contribution in [2.24, 2.45) is 0 Å². The summed E-state index contributed by atoms with van der Waals surface area (Å²) in [5.74, 6) is 0.0249. The highest BCUT2D eigenvalue weighted by Gasteiger charge is 2.28. The zero-order valence-corrected chi connectivity index (χ0v) is 14.7. The van der Waals surface area contributed by atoms with Gasteiger partial charge in [-0.2, -0.15) is 0 Å². The molecule has 1 fully saturated rings. The van der Waals surface area contributed by atoms with E-state index in [9.17, 15) is 9.59 Å². The first-order valence-electron chi connectivity index (χ1n) is 8.02. The summed E-state index contributed by atoms with van der Waals surface area (Å²) in [5.41, 5.74) is 2.50. The third-order valence-electron chi connectivity index (χ3n) is 3.97. The third kappa shape index (κ3) is 4.47. The summed E-state index contributed by atoms with van der Waals surface area (Å²) in [7, 11) is 0. The lowest BCUT2D eigenvalue weighted by molar-refractivity contribution is 0.0141. The summed E-state index contributed by atoms with van der Waals surface area (Å²) in [6.45, 7) is 11.7. The lowest BCUT2D eigenvalue weighted by Gasteiger charge is -2.35. The molecule has 1 saturated heterocycles. The fourth-order valence-electron chi connectivity index (χ4n) is 2.48. The highest BCUT2D eigenvalue weighted by Crippen LogP contribution is 2.15. The molecule has 1 aliphatic rings. The van der Waals surface area contributed by atoms with Gasteiger partial charge in [-0.15, -0.1) is 0 Å². The molecule has 126 valence electrons. The number of ether oxygens (including phenoxy) is 1. The van der Waals surface area contributed by atoms with E-state index < -0.39 is 5.60 Å². The molecule has 1 aliphatic heterocycles. The van der Waals surface area contributed by atoms with E-state index in [1.807, 2.05) is 52.8 Å². The van der Waals surface area contributed by atoms with Crippen molar-refractivity contribution in [2.75, 3.05) is 26.2 Å². The first-order chi connectivity index (χ1) is 10.7. The van der Waals surface area contributed by atoms with E-state index >= 15 is 0 Å². The fourth-order valence-corrected chi connectivity index (χ4v) is 2.48. The number of amides is 2. The summed E-state index contributed by atoms with van der Waals surface area (Å²) in [6.07, 6.45) is -0.309. The number of hydrogen-bond donors (Lipinski definition) is 0. The SMILES string of the molecule is Cc1ccc(C(=O)N2CCN(C(=O)OC(C)(C)C)CC2)cc1C. The topological polar surface area (TPSA) is 49.9 Å². The largest absolute Gasteiger partial charge is 0.444 e. The minimum atomic E-state index is -0.497. The Morgan fingerprint density at radius 3 is 2.04 bits per heavy atom. The molecule has 0 radical (unpaired) electrons. The fraction of sp³-hybridized carbons (Fsp3) is 0.556. The molecule has 0 aliphatic carbocycles. The van der Waals surface area contributed by atoms with Gasteiger partial charge in [-0.05, 0) is 57.9 Å². The molecule has 0 atom stereocenters. The van der Waals surface area contributed by atoms with Crippen molar-refractivity contribution in [1.82, 2.24) is 9.80 Å². The lowest BCUT2D eigenvalue weighted by atomic mass is 10.1. The minimum Gasteiger partial charge on any atom is -0.444 e. The van der Waals surface area contributed by atoms with E-state index in [4.69, 9.17) is 4.74 Å². The molecule has 2 amide bonds. The highest BCUT2D eigenvalue weighted by molar-refractivity contribution is 5.94. The Hall–Kier alpha value is -2.04. The van der Waals surface area contributed by atoms with Crippen LogP contribution in [0.5, 0.6) is 0 Å². The average Bonchev–Trinajstić information content (AvgIpc) is 2.48. The van der Waals surface area contributed by atoms with Gasteiger partial charge in [0.2, 0.25) is 0 Å². The predicted molar refractivity (Wildman–Crippen MR) is 89.6 cm³/mol. The average molecular weight is 318 g/mol. The molecule has 0 N–H and O–H groups in total. The Labute approximate surface area is 138 Å². The van der Waals surface area contributed by atoms with E-state index in [0.717, 1.165) is 5.56 Å². The molecular formula is C18H26N2O3. The zero-order chi connectivity index (χ0) is 17.2. The van der Waals surface area contributed by atoms with Crippen LogP contribution in [0.25, 0.3) is 0 Å². The number of nitrogens with zero attached hydrogens (tertiary/aromatic N) is 2. The van der Waals surface area contributed by atoms with E-state index in [0.29, 0.717) is 31.7 Å². The Morgan fingerprint density at radius 2 is 1.52 bits per heavy atom. The van der Waals surface area contributed by atoms with Crippen molar-refractivity contribution in [3.63, 3.8) is 0 Å². The van der Waals surface area contributed by atoms with E-state index in [-0.39, 0.29) is 12.0 Å². The molecule has 1 heterocycles. The van der Waals surface area contributed by atoms with Crippen molar-refractivity contribution < 1.29 is 14.3 Å². The molecule has 5 heteroatoms. The third-order valence-corrected chi connectivity index (χ3v) is 3.97. The van der Waals surface area contributed by atoms with Crippen molar-refractivity contribution >= 4 is 12.0 Å². The second-order valence-corrected chi connectivity index (χ2v) is 7.06. The molecular weight excluding hydrogens is 292 g/mol. The number of piperazine rings is 1. The van der Waals surface area contributed by atoms with Gasteiger partial charge in [-0.1, -0.05) is 6.07 Å². The van der Waals surface area contributed by atoms with Gasteiger partial charge in [0.25, 0.3) is 5.91 Å². The number of benzene rings is 1. The first kappa shape index (κ1) is 17.3. The second kappa shape index (κ2) is 6.60. The molecule has 1 aromatic carbocycles. The van der Waals surface area contributed by atoms with Crippen molar-refractivity contribution in [3.8, 4) is 0 Å². The molecule has 0 bridgehead atoms. The van der Waals surface area contributed by atoms with Gasteiger partial charge in [0.15, 0.2) is 0 Å². The molecule has 0 spiro atoms. The molecule has 0 saturated carbocycles. The van der Waals surface area contributed by atoms with Crippen molar-refractivity contribution in [2.45, 2.75) is 40.2 Å². The maximum atomic E-state index is 12.6. The summed E-state index contributed by atoms with van der Waals surface area (Å²) in [6, 6.07) is 5.77. The maximum absolute atomic E-state index is 12.6. The number of rotatable bonds is 1. The van der Waals surface area contributed by atoms with Gasteiger partial charge < -0.3 is 14.5 Å². The molecule has 2 rings (SSSR count). The second-order valence-electron chi connectivity index (χ2n) is 7.06. The van der Waals surface area contributed by atoms with Gasteiger partial charge in [-0.3, -0.25) is 4.79 Å². The van der Waals surface area contributed by atoms with Crippen LogP contribution < -0.4 is 0 Å². The van der Waals surface area contributed by atoms with Gasteiger partial charge >= 0.3 is 6.09 Å². The molecule has 1 aromatic rings. The Kier molecular flexibility index (Phi) is 4.97. The van der Waals surface area contributed by atoms with E-state index in [1.165, 1.54) is 5.56 Å². The molecule has 0 aromatic heterocycles. The van der Waals surface area contributed by atoms with Crippen LogP contribution in [0.4, 0.5) is 4.79 Å². The number of carbonyl (C=O) groups excluding carboxylic acids is 2. The van der Waals surface area contributed by atoms with Crippen LogP contribution in [0, 0.1) is 13.8 Å². The summed E-state index contributed by atoms with van der Waals surface area (Å²) in [4.78, 5) is 28.1. The molecule has 5 nitrogen and oxygen atoms in total. The van der Waals surface area contributed by atoms with Crippen LogP contribution in [0.3, 0.4) is 0 Å². The maximum Gasteiger partial charge on any atom is 0.410 e. The van der Waals surface area contributed by atoms with Crippen molar-refractivity contribution in [3.05, 3.63) is 34.9 Å². The van der Waals surface area contributed by atoms with Gasteiger partial charge in [0.05, 0.1) is 0 Å². The predicted octanol–water partition coefficient (Wildman–Crippen LogP) is 3.00. The monoisotopic (exact) mass is 318 g/mol. The van der Waals surface area contributed by atoms with Crippen LogP contribution in [-0.2, 0) is 4.74 Å². The minimum absolute atomic E-state index is 0.0249. The Bertz CT molecular complexity index is 597. The van der Waals surface area contributed by atoms with Gasteiger partial charge in [-0.25, -0.2) is 4.79 Å². The van der Waals surface area contributed by atoms with E-state index in [2.05, 4.69) is 0 Å². The van der Waals surface area contributed by atoms with Crippen molar-refractivity contribution in [1.29, 1.82) is 0 Å². The van der Waals surface area contributed by atoms with Crippen LogP contribution in [0.2, 0.25) is 0 Å². The smallest absolute Gasteiger partial charge is 0.410 e. The number of carbonyl (C=O) groups is 2. The molecule has 23 heavy (non-hydrogen) atoms. The Balaban J connectivity index is 1.94. The normalized spacial score (nSPS) is 15.5. The highest BCUT2D eigenvalue weighted by atomic mass is 16.6. The number of hydrogen-bond acceptors (Lipinski definition) is 3. The van der Waals surface area contributed by atoms with Gasteiger partial charge in [0.1, 0.15) is 5.60 Å². The van der Waals surface area contributed by atoms with Gasteiger partial charge in [0, 0.05) is 31.7 Å². The van der Waals surface area contributed by atoms with E-state index in [1.54, 1.807) is 9.80 Å². The molecule has 0 unspecified atom stereocenters. The lowest BCUT2D eigenvalue weighted by Crippen LogP contribution is -2.51. The summed E-state index contributed by atoms with van der Waals surface area (Å²) >= 11 is 0. The number of aryl methyl sites for hydroxylation is 2. The van der Waals surface area contributed by atoms with Crippen LogP contribution >= 0.6 is 0 Å². The summed E-state index contributed by atoms with van der Waals surface area (Å²) < 4.78 is 5.37.